The van der Waals surface area contributed by atoms with Crippen LogP contribution < -0.4 is 4.31 Å². The molecule has 0 saturated heterocycles. The zero-order valence-electron chi connectivity index (χ0n) is 12.0. The molecule has 6 heteroatoms. The van der Waals surface area contributed by atoms with E-state index in [0.29, 0.717) is 23.3 Å². The molecule has 0 aliphatic carbocycles. The summed E-state index contributed by atoms with van der Waals surface area (Å²) in [5.74, 6) is 0. The summed E-state index contributed by atoms with van der Waals surface area (Å²) in [6.45, 7) is 4.05. The number of allylic oxidation sites excluding steroid dienone is 1. The van der Waals surface area contributed by atoms with Crippen LogP contribution in [0.5, 0.6) is 0 Å². The van der Waals surface area contributed by atoms with E-state index in [2.05, 4.69) is 27.5 Å². The first-order chi connectivity index (χ1) is 10.6. The molecule has 2 rings (SSSR count). The SMILES string of the molecule is C=CCCCN(c1cccnc1Br)S(=O)(=O)c1ccccc1. The molecule has 22 heavy (non-hydrogen) atoms. The van der Waals surface area contributed by atoms with Gasteiger partial charge in [0, 0.05) is 12.7 Å². The van der Waals surface area contributed by atoms with Gasteiger partial charge in [-0.2, -0.15) is 0 Å². The largest absolute Gasteiger partial charge is 0.264 e. The van der Waals surface area contributed by atoms with Crippen molar-refractivity contribution in [3.8, 4) is 0 Å². The van der Waals surface area contributed by atoms with Crippen molar-refractivity contribution in [2.45, 2.75) is 17.7 Å². The number of anilines is 1. The van der Waals surface area contributed by atoms with E-state index >= 15 is 0 Å². The van der Waals surface area contributed by atoms with Crippen LogP contribution in [0.3, 0.4) is 0 Å². The Bertz CT molecular complexity index is 733. The maximum absolute atomic E-state index is 12.9. The molecule has 0 fully saturated rings. The van der Waals surface area contributed by atoms with E-state index in [1.807, 2.05) is 0 Å². The number of sulfonamides is 1. The van der Waals surface area contributed by atoms with Crippen LogP contribution in [0, 0.1) is 0 Å². The normalized spacial score (nSPS) is 11.1. The molecule has 0 unspecified atom stereocenters. The molecule has 0 radical (unpaired) electrons. The summed E-state index contributed by atoms with van der Waals surface area (Å²) < 4.78 is 27.8. The molecule has 0 N–H and O–H groups in total. The van der Waals surface area contributed by atoms with E-state index in [0.717, 1.165) is 6.42 Å². The molecule has 0 atom stereocenters. The van der Waals surface area contributed by atoms with Gasteiger partial charge in [0.2, 0.25) is 0 Å². The molecule has 2 aromatic rings. The summed E-state index contributed by atoms with van der Waals surface area (Å²) in [5, 5.41) is 0. The van der Waals surface area contributed by atoms with Crippen LogP contribution in [0.25, 0.3) is 0 Å². The Morgan fingerprint density at radius 1 is 1.18 bits per heavy atom. The third-order valence-electron chi connectivity index (χ3n) is 3.11. The molecule has 1 heterocycles. The minimum Gasteiger partial charge on any atom is -0.264 e. The lowest BCUT2D eigenvalue weighted by Crippen LogP contribution is -2.32. The van der Waals surface area contributed by atoms with E-state index in [4.69, 9.17) is 0 Å². The minimum atomic E-state index is -3.63. The number of benzene rings is 1. The molecule has 0 amide bonds. The fourth-order valence-corrected chi connectivity index (χ4v) is 4.15. The second-order valence-corrected chi connectivity index (χ2v) is 7.25. The Hall–Kier alpha value is -1.66. The average molecular weight is 381 g/mol. The van der Waals surface area contributed by atoms with Gasteiger partial charge < -0.3 is 0 Å². The first-order valence-corrected chi connectivity index (χ1v) is 9.10. The zero-order valence-corrected chi connectivity index (χ0v) is 14.4. The molecule has 1 aromatic carbocycles. The lowest BCUT2D eigenvalue weighted by molar-refractivity contribution is 0.589. The van der Waals surface area contributed by atoms with Crippen molar-refractivity contribution in [2.75, 3.05) is 10.8 Å². The first kappa shape index (κ1) is 16.7. The third kappa shape index (κ3) is 3.75. The van der Waals surface area contributed by atoms with Gasteiger partial charge in [0.05, 0.1) is 10.6 Å². The third-order valence-corrected chi connectivity index (χ3v) is 5.55. The van der Waals surface area contributed by atoms with Crippen LogP contribution in [0.2, 0.25) is 0 Å². The number of halogens is 1. The lowest BCUT2D eigenvalue weighted by Gasteiger charge is -2.25. The van der Waals surface area contributed by atoms with Gasteiger partial charge in [0.25, 0.3) is 10.0 Å². The van der Waals surface area contributed by atoms with Gasteiger partial charge in [-0.3, -0.25) is 4.31 Å². The molecule has 116 valence electrons. The number of hydrogen-bond acceptors (Lipinski definition) is 3. The van der Waals surface area contributed by atoms with Crippen molar-refractivity contribution < 1.29 is 8.42 Å². The number of pyridine rings is 1. The summed E-state index contributed by atoms with van der Waals surface area (Å²) in [6.07, 6.45) is 4.84. The predicted molar refractivity (Wildman–Crippen MR) is 92.3 cm³/mol. The summed E-state index contributed by atoms with van der Waals surface area (Å²) in [6, 6.07) is 11.9. The zero-order chi connectivity index (χ0) is 16.0. The van der Waals surface area contributed by atoms with E-state index in [-0.39, 0.29) is 4.90 Å². The number of hydrogen-bond donors (Lipinski definition) is 0. The maximum Gasteiger partial charge on any atom is 0.264 e. The van der Waals surface area contributed by atoms with Crippen LogP contribution in [-0.2, 0) is 10.0 Å². The Morgan fingerprint density at radius 3 is 2.55 bits per heavy atom. The standard InChI is InChI=1S/C16H17BrN2O2S/c1-2-3-7-13-19(15-11-8-12-18-16(15)17)22(20,21)14-9-5-4-6-10-14/h2,4-6,8-12H,1,3,7,13H2. The number of rotatable bonds is 7. The molecular formula is C16H17BrN2O2S. The van der Waals surface area contributed by atoms with Crippen molar-refractivity contribution in [3.63, 3.8) is 0 Å². The van der Waals surface area contributed by atoms with Crippen molar-refractivity contribution in [1.82, 2.24) is 4.98 Å². The predicted octanol–water partition coefficient (Wildman–Crippen LogP) is 4.01. The molecule has 0 aliphatic heterocycles. The number of unbranched alkanes of at least 4 members (excludes halogenated alkanes) is 1. The van der Waals surface area contributed by atoms with Gasteiger partial charge >= 0.3 is 0 Å². The molecule has 1 aromatic heterocycles. The van der Waals surface area contributed by atoms with Crippen molar-refractivity contribution >= 4 is 31.6 Å². The second-order valence-electron chi connectivity index (χ2n) is 4.63. The van der Waals surface area contributed by atoms with Gasteiger partial charge in [-0.05, 0) is 53.0 Å². The second kappa shape index (κ2) is 7.56. The first-order valence-electron chi connectivity index (χ1n) is 6.86. The monoisotopic (exact) mass is 380 g/mol. The highest BCUT2D eigenvalue weighted by atomic mass is 79.9. The van der Waals surface area contributed by atoms with Gasteiger partial charge in [-0.1, -0.05) is 24.3 Å². The van der Waals surface area contributed by atoms with Crippen molar-refractivity contribution in [1.29, 1.82) is 0 Å². The van der Waals surface area contributed by atoms with Crippen LogP contribution in [0.15, 0.2) is 70.8 Å². The fraction of sp³-hybridized carbons (Fsp3) is 0.188. The van der Waals surface area contributed by atoms with Gasteiger partial charge in [0.15, 0.2) is 0 Å². The van der Waals surface area contributed by atoms with Gasteiger partial charge in [-0.15, -0.1) is 6.58 Å². The molecule has 4 nitrogen and oxygen atoms in total. The van der Waals surface area contributed by atoms with E-state index in [1.54, 1.807) is 54.7 Å². The van der Waals surface area contributed by atoms with Crippen LogP contribution in [-0.4, -0.2) is 19.9 Å². The van der Waals surface area contributed by atoms with Crippen LogP contribution >= 0.6 is 15.9 Å². The number of aromatic nitrogens is 1. The summed E-state index contributed by atoms with van der Waals surface area (Å²) in [5.41, 5.74) is 0.537. The summed E-state index contributed by atoms with van der Waals surface area (Å²) >= 11 is 3.33. The summed E-state index contributed by atoms with van der Waals surface area (Å²) in [4.78, 5) is 4.39. The average Bonchev–Trinajstić information content (AvgIpc) is 2.53. The van der Waals surface area contributed by atoms with Crippen molar-refractivity contribution in [2.24, 2.45) is 0 Å². The van der Waals surface area contributed by atoms with Gasteiger partial charge in [-0.25, -0.2) is 13.4 Å². The Morgan fingerprint density at radius 2 is 1.91 bits per heavy atom. The lowest BCUT2D eigenvalue weighted by atomic mass is 10.3. The van der Waals surface area contributed by atoms with E-state index in [1.165, 1.54) is 4.31 Å². The topological polar surface area (TPSA) is 50.3 Å². The molecule has 0 bridgehead atoms. The molecule has 0 spiro atoms. The minimum absolute atomic E-state index is 0.268. The van der Waals surface area contributed by atoms with Crippen LogP contribution in [0.1, 0.15) is 12.8 Å². The Kier molecular flexibility index (Phi) is 5.74. The molecule has 0 saturated carbocycles. The van der Waals surface area contributed by atoms with Crippen LogP contribution in [0.4, 0.5) is 5.69 Å². The Labute approximate surface area is 139 Å². The van der Waals surface area contributed by atoms with E-state index < -0.39 is 10.0 Å². The van der Waals surface area contributed by atoms with Gasteiger partial charge in [0.1, 0.15) is 4.60 Å². The highest BCUT2D eigenvalue weighted by Gasteiger charge is 2.26. The fourth-order valence-electron chi connectivity index (χ4n) is 2.03. The Balaban J connectivity index is 2.44. The quantitative estimate of drug-likeness (QED) is 0.414. The maximum atomic E-state index is 12.9. The molecular weight excluding hydrogens is 364 g/mol. The smallest absolute Gasteiger partial charge is 0.264 e. The molecule has 0 aliphatic rings. The van der Waals surface area contributed by atoms with E-state index in [9.17, 15) is 8.42 Å². The summed E-state index contributed by atoms with van der Waals surface area (Å²) in [7, 11) is -3.63. The highest BCUT2D eigenvalue weighted by Crippen LogP contribution is 2.29. The van der Waals surface area contributed by atoms with Crippen molar-refractivity contribution in [3.05, 3.63) is 65.9 Å². The highest BCUT2D eigenvalue weighted by molar-refractivity contribution is 9.10. The number of nitrogens with zero attached hydrogens (tertiary/aromatic N) is 2.